The molecular weight excluding hydrogens is 329 g/mol. The van der Waals surface area contributed by atoms with Crippen LogP contribution in [0, 0.1) is 5.82 Å². The number of ether oxygens (including phenoxy) is 1. The molecular formula is C22H22FNO2. The summed E-state index contributed by atoms with van der Waals surface area (Å²) in [6, 6.07) is 12.2. The van der Waals surface area contributed by atoms with Crippen molar-refractivity contribution >= 4 is 10.9 Å². The molecule has 3 nitrogen and oxygen atoms in total. The Labute approximate surface area is 152 Å². The van der Waals surface area contributed by atoms with Crippen molar-refractivity contribution in [2.24, 2.45) is 0 Å². The fraction of sp³-hybridized carbons (Fsp3) is 0.364. The van der Waals surface area contributed by atoms with Gasteiger partial charge in [-0.3, -0.25) is 0 Å². The minimum absolute atomic E-state index is 0.212. The minimum atomic E-state index is -0.298. The van der Waals surface area contributed by atoms with E-state index in [1.807, 2.05) is 12.1 Å². The summed E-state index contributed by atoms with van der Waals surface area (Å²) >= 11 is 0. The van der Waals surface area contributed by atoms with E-state index in [2.05, 4.69) is 18.4 Å². The summed E-state index contributed by atoms with van der Waals surface area (Å²) < 4.78 is 22.1. The number of phenols is 1. The van der Waals surface area contributed by atoms with Crippen molar-refractivity contribution in [3.05, 3.63) is 59.5 Å². The zero-order valence-electron chi connectivity index (χ0n) is 15.1. The van der Waals surface area contributed by atoms with Crippen molar-refractivity contribution in [1.82, 2.24) is 4.57 Å². The van der Waals surface area contributed by atoms with E-state index in [1.165, 1.54) is 17.8 Å². The van der Waals surface area contributed by atoms with Crippen LogP contribution in [0.3, 0.4) is 0 Å². The van der Waals surface area contributed by atoms with Crippen LogP contribution in [0.25, 0.3) is 16.6 Å². The second-order valence-corrected chi connectivity index (χ2v) is 8.23. The quantitative estimate of drug-likeness (QED) is 0.657. The SMILES string of the molecule is CC1(C)COC2(CCC2)c2c1n(-c1ccc(F)cc1)c1cccc(O)c21. The molecule has 1 aliphatic heterocycles. The molecule has 2 aliphatic rings. The number of benzene rings is 2. The smallest absolute Gasteiger partial charge is 0.125 e. The topological polar surface area (TPSA) is 34.4 Å². The lowest BCUT2D eigenvalue weighted by Gasteiger charge is -2.49. The fourth-order valence-corrected chi connectivity index (χ4v) is 4.62. The van der Waals surface area contributed by atoms with Crippen molar-refractivity contribution in [1.29, 1.82) is 0 Å². The molecule has 0 atom stereocenters. The van der Waals surface area contributed by atoms with Crippen LogP contribution in [0.15, 0.2) is 42.5 Å². The summed E-state index contributed by atoms with van der Waals surface area (Å²) in [5.41, 5.74) is 3.65. The van der Waals surface area contributed by atoms with Crippen molar-refractivity contribution < 1.29 is 14.2 Å². The number of aromatic nitrogens is 1. The molecule has 134 valence electrons. The van der Waals surface area contributed by atoms with Gasteiger partial charge in [-0.15, -0.1) is 0 Å². The lowest BCUT2D eigenvalue weighted by Crippen LogP contribution is -2.47. The van der Waals surface area contributed by atoms with Crippen molar-refractivity contribution in [2.75, 3.05) is 6.61 Å². The van der Waals surface area contributed by atoms with Gasteiger partial charge in [-0.2, -0.15) is 0 Å². The van der Waals surface area contributed by atoms with Gasteiger partial charge in [0.1, 0.15) is 11.6 Å². The summed E-state index contributed by atoms with van der Waals surface area (Å²) in [7, 11) is 0. The molecule has 4 heteroatoms. The highest BCUT2D eigenvalue weighted by Crippen LogP contribution is 2.56. The number of aromatic hydroxyl groups is 1. The minimum Gasteiger partial charge on any atom is -0.507 e. The van der Waals surface area contributed by atoms with Crippen molar-refractivity contribution in [3.8, 4) is 11.4 Å². The Morgan fingerprint density at radius 3 is 2.46 bits per heavy atom. The molecule has 0 saturated heterocycles. The number of fused-ring (bicyclic) bond motifs is 4. The second kappa shape index (κ2) is 5.10. The summed E-state index contributed by atoms with van der Waals surface area (Å²) in [6.07, 6.45) is 3.09. The first-order valence-electron chi connectivity index (χ1n) is 9.20. The number of halogens is 1. The highest BCUT2D eigenvalue weighted by Gasteiger charge is 2.51. The lowest BCUT2D eigenvalue weighted by molar-refractivity contribution is -0.133. The van der Waals surface area contributed by atoms with Gasteiger partial charge in [0.25, 0.3) is 0 Å². The van der Waals surface area contributed by atoms with E-state index in [9.17, 15) is 9.50 Å². The number of hydrogen-bond acceptors (Lipinski definition) is 2. The van der Waals surface area contributed by atoms with E-state index in [-0.39, 0.29) is 22.6 Å². The maximum absolute atomic E-state index is 13.5. The Morgan fingerprint density at radius 2 is 1.81 bits per heavy atom. The van der Waals surface area contributed by atoms with E-state index in [4.69, 9.17) is 4.74 Å². The third-order valence-electron chi connectivity index (χ3n) is 6.02. The zero-order chi connectivity index (χ0) is 18.1. The molecule has 1 aliphatic carbocycles. The van der Waals surface area contributed by atoms with Crippen molar-refractivity contribution in [3.63, 3.8) is 0 Å². The van der Waals surface area contributed by atoms with Gasteiger partial charge in [-0.05, 0) is 55.7 Å². The second-order valence-electron chi connectivity index (χ2n) is 8.23. The Morgan fingerprint density at radius 1 is 1.08 bits per heavy atom. The van der Waals surface area contributed by atoms with Gasteiger partial charge in [-0.25, -0.2) is 4.39 Å². The predicted octanol–water partition coefficient (Wildman–Crippen LogP) is 5.16. The Hall–Kier alpha value is -2.33. The van der Waals surface area contributed by atoms with Crippen LogP contribution in [0.5, 0.6) is 5.75 Å². The van der Waals surface area contributed by atoms with Crippen LogP contribution in [0.1, 0.15) is 44.4 Å². The van der Waals surface area contributed by atoms with Crippen LogP contribution < -0.4 is 0 Å². The summed E-state index contributed by atoms with van der Waals surface area (Å²) in [4.78, 5) is 0. The first-order chi connectivity index (χ1) is 12.4. The fourth-order valence-electron chi connectivity index (χ4n) is 4.62. The normalized spacial score (nSPS) is 20.1. The summed E-state index contributed by atoms with van der Waals surface area (Å²) in [5, 5.41) is 11.6. The number of hydrogen-bond donors (Lipinski definition) is 1. The third kappa shape index (κ3) is 1.96. The lowest BCUT2D eigenvalue weighted by atomic mass is 9.68. The van der Waals surface area contributed by atoms with Gasteiger partial charge in [0.2, 0.25) is 0 Å². The molecule has 3 aromatic rings. The van der Waals surface area contributed by atoms with Crippen LogP contribution in [-0.2, 0) is 15.8 Å². The number of rotatable bonds is 1. The van der Waals surface area contributed by atoms with E-state index >= 15 is 0 Å². The van der Waals surface area contributed by atoms with Gasteiger partial charge < -0.3 is 14.4 Å². The third-order valence-corrected chi connectivity index (χ3v) is 6.02. The van der Waals surface area contributed by atoms with Gasteiger partial charge in [0, 0.05) is 27.7 Å². The molecule has 0 amide bonds. The molecule has 1 saturated carbocycles. The molecule has 1 fully saturated rings. The first kappa shape index (κ1) is 15.9. The number of phenolic OH excluding ortho intramolecular Hbond substituents is 1. The highest BCUT2D eigenvalue weighted by molar-refractivity contribution is 5.94. The van der Waals surface area contributed by atoms with E-state index in [0.29, 0.717) is 6.61 Å². The highest BCUT2D eigenvalue weighted by atomic mass is 19.1. The molecule has 2 heterocycles. The van der Waals surface area contributed by atoms with E-state index in [0.717, 1.165) is 41.4 Å². The van der Waals surface area contributed by atoms with E-state index in [1.54, 1.807) is 18.2 Å². The van der Waals surface area contributed by atoms with Gasteiger partial charge >= 0.3 is 0 Å². The van der Waals surface area contributed by atoms with Crippen LogP contribution in [0.4, 0.5) is 4.39 Å². The molecule has 1 N–H and O–H groups in total. The molecule has 5 rings (SSSR count). The standard InChI is InChI=1S/C22H22FNO2/c1-21(2)13-26-22(11-4-12-22)19-18-16(5-3-6-17(18)25)24(20(19)21)15-9-7-14(23)8-10-15/h3,5-10,25H,4,11-13H2,1-2H3. The van der Waals surface area contributed by atoms with Gasteiger partial charge in [-0.1, -0.05) is 19.9 Å². The summed E-state index contributed by atoms with van der Waals surface area (Å²) in [6.45, 7) is 4.99. The molecule has 2 aromatic carbocycles. The van der Waals surface area contributed by atoms with Gasteiger partial charge in [0.15, 0.2) is 0 Å². The molecule has 26 heavy (non-hydrogen) atoms. The molecule has 1 spiro atoms. The molecule has 1 aromatic heterocycles. The predicted molar refractivity (Wildman–Crippen MR) is 99.4 cm³/mol. The average molecular weight is 351 g/mol. The monoisotopic (exact) mass is 351 g/mol. The Balaban J connectivity index is 1.94. The maximum atomic E-state index is 13.5. The zero-order valence-corrected chi connectivity index (χ0v) is 15.1. The number of nitrogens with zero attached hydrogens (tertiary/aromatic N) is 1. The van der Waals surface area contributed by atoms with Crippen LogP contribution >= 0.6 is 0 Å². The molecule has 0 unspecified atom stereocenters. The summed E-state index contributed by atoms with van der Waals surface area (Å²) in [5.74, 6) is 0.0344. The maximum Gasteiger partial charge on any atom is 0.125 e. The molecule has 0 bridgehead atoms. The van der Waals surface area contributed by atoms with Crippen LogP contribution in [-0.4, -0.2) is 16.3 Å². The Bertz CT molecular complexity index is 1010. The largest absolute Gasteiger partial charge is 0.507 e. The average Bonchev–Trinajstić information content (AvgIpc) is 2.93. The van der Waals surface area contributed by atoms with Gasteiger partial charge in [0.05, 0.1) is 17.7 Å². The molecule has 0 radical (unpaired) electrons. The van der Waals surface area contributed by atoms with Crippen LogP contribution in [0.2, 0.25) is 0 Å². The Kier molecular flexibility index (Phi) is 3.12. The first-order valence-corrected chi connectivity index (χ1v) is 9.20. The van der Waals surface area contributed by atoms with E-state index < -0.39 is 0 Å². The van der Waals surface area contributed by atoms with Crippen molar-refractivity contribution in [2.45, 2.75) is 44.1 Å².